The molecule has 0 spiro atoms. The molecule has 124 valence electrons. The molecular formula is C16H19N7O. The van der Waals surface area contributed by atoms with E-state index in [9.17, 15) is 4.79 Å². The number of hydrogen-bond acceptors (Lipinski definition) is 5. The summed E-state index contributed by atoms with van der Waals surface area (Å²) in [5.41, 5.74) is 2.24. The van der Waals surface area contributed by atoms with Crippen LogP contribution < -0.4 is 5.32 Å². The lowest BCUT2D eigenvalue weighted by atomic mass is 10.2. The van der Waals surface area contributed by atoms with Crippen LogP contribution in [0.3, 0.4) is 0 Å². The average molecular weight is 325 g/mol. The number of rotatable bonds is 6. The fourth-order valence-corrected chi connectivity index (χ4v) is 2.33. The van der Waals surface area contributed by atoms with Crippen LogP contribution in [0.5, 0.6) is 0 Å². The fourth-order valence-electron chi connectivity index (χ4n) is 2.33. The largest absolute Gasteiger partial charge is 0.351 e. The SMILES string of the molecule is CCn1cc(C(=O)NCCc2nc(-c3ccncc3)n[nH]2)c(C)n1. The van der Waals surface area contributed by atoms with Crippen LogP contribution in [0.2, 0.25) is 0 Å². The van der Waals surface area contributed by atoms with Crippen molar-refractivity contribution >= 4 is 5.91 Å². The van der Waals surface area contributed by atoms with E-state index in [-0.39, 0.29) is 5.91 Å². The number of H-pyrrole nitrogens is 1. The van der Waals surface area contributed by atoms with Crippen LogP contribution in [0.15, 0.2) is 30.7 Å². The monoisotopic (exact) mass is 325 g/mol. The van der Waals surface area contributed by atoms with Crippen LogP contribution in [0.4, 0.5) is 0 Å². The number of carbonyl (C=O) groups is 1. The number of aryl methyl sites for hydroxylation is 2. The van der Waals surface area contributed by atoms with Crippen molar-refractivity contribution in [1.82, 2.24) is 35.3 Å². The Morgan fingerprint density at radius 3 is 2.83 bits per heavy atom. The summed E-state index contributed by atoms with van der Waals surface area (Å²) in [5.74, 6) is 1.22. The number of nitrogens with zero attached hydrogens (tertiary/aromatic N) is 5. The van der Waals surface area contributed by atoms with E-state index >= 15 is 0 Å². The quantitative estimate of drug-likeness (QED) is 0.712. The summed E-state index contributed by atoms with van der Waals surface area (Å²) in [6, 6.07) is 3.70. The number of nitrogens with one attached hydrogen (secondary N) is 2. The molecule has 0 unspecified atom stereocenters. The van der Waals surface area contributed by atoms with Gasteiger partial charge in [-0.15, -0.1) is 0 Å². The highest BCUT2D eigenvalue weighted by atomic mass is 16.1. The van der Waals surface area contributed by atoms with Crippen LogP contribution in [0.1, 0.15) is 28.8 Å². The van der Waals surface area contributed by atoms with E-state index in [2.05, 4.69) is 30.6 Å². The molecule has 3 aromatic rings. The molecular weight excluding hydrogens is 306 g/mol. The molecule has 0 aliphatic carbocycles. The van der Waals surface area contributed by atoms with Gasteiger partial charge in [0.1, 0.15) is 5.82 Å². The predicted octanol–water partition coefficient (Wildman–Crippen LogP) is 1.36. The van der Waals surface area contributed by atoms with Crippen LogP contribution in [0.25, 0.3) is 11.4 Å². The maximum atomic E-state index is 12.2. The Bertz CT molecular complexity index is 822. The number of pyridine rings is 1. The summed E-state index contributed by atoms with van der Waals surface area (Å²) in [4.78, 5) is 20.6. The van der Waals surface area contributed by atoms with E-state index < -0.39 is 0 Å². The highest BCUT2D eigenvalue weighted by Crippen LogP contribution is 2.12. The first-order chi connectivity index (χ1) is 11.7. The van der Waals surface area contributed by atoms with Gasteiger partial charge in [0.2, 0.25) is 0 Å². The molecule has 0 aliphatic heterocycles. The van der Waals surface area contributed by atoms with Crippen LogP contribution in [-0.2, 0) is 13.0 Å². The zero-order chi connectivity index (χ0) is 16.9. The van der Waals surface area contributed by atoms with Gasteiger partial charge in [0.15, 0.2) is 5.82 Å². The van der Waals surface area contributed by atoms with E-state index in [1.807, 2.05) is 26.0 Å². The second-order valence-electron chi connectivity index (χ2n) is 5.33. The zero-order valence-electron chi connectivity index (χ0n) is 13.7. The van der Waals surface area contributed by atoms with Gasteiger partial charge in [0, 0.05) is 43.7 Å². The normalized spacial score (nSPS) is 10.8. The summed E-state index contributed by atoms with van der Waals surface area (Å²) in [7, 11) is 0. The van der Waals surface area contributed by atoms with Crippen LogP contribution in [-0.4, -0.2) is 42.4 Å². The number of carbonyl (C=O) groups excluding carboxylic acids is 1. The molecule has 3 heterocycles. The van der Waals surface area contributed by atoms with Crippen molar-refractivity contribution in [2.45, 2.75) is 26.8 Å². The standard InChI is InChI=1S/C16H19N7O/c1-3-23-10-13(11(2)22-23)16(24)18-9-6-14-19-15(21-20-14)12-4-7-17-8-5-12/h4-5,7-8,10H,3,6,9H2,1-2H3,(H,18,24)(H,19,20,21). The average Bonchev–Trinajstić information content (AvgIpc) is 3.22. The molecule has 2 N–H and O–H groups in total. The molecule has 8 nitrogen and oxygen atoms in total. The number of aromatic nitrogens is 6. The predicted molar refractivity (Wildman–Crippen MR) is 88.3 cm³/mol. The Kier molecular flexibility index (Phi) is 4.64. The first kappa shape index (κ1) is 15.9. The third kappa shape index (κ3) is 3.48. The van der Waals surface area contributed by atoms with E-state index in [0.717, 1.165) is 23.6 Å². The number of amides is 1. The molecule has 0 aliphatic rings. The lowest BCUT2D eigenvalue weighted by Crippen LogP contribution is -2.26. The van der Waals surface area contributed by atoms with Crippen LogP contribution >= 0.6 is 0 Å². The van der Waals surface area contributed by atoms with Gasteiger partial charge in [0.05, 0.1) is 11.3 Å². The molecule has 0 atom stereocenters. The fraction of sp³-hybridized carbons (Fsp3) is 0.312. The zero-order valence-corrected chi connectivity index (χ0v) is 13.7. The Hall–Kier alpha value is -3.03. The van der Waals surface area contributed by atoms with Crippen molar-refractivity contribution in [3.05, 3.63) is 47.8 Å². The van der Waals surface area contributed by atoms with Crippen molar-refractivity contribution in [1.29, 1.82) is 0 Å². The molecule has 8 heteroatoms. The molecule has 24 heavy (non-hydrogen) atoms. The molecule has 3 rings (SSSR count). The van der Waals surface area contributed by atoms with Crippen molar-refractivity contribution < 1.29 is 4.79 Å². The van der Waals surface area contributed by atoms with Gasteiger partial charge >= 0.3 is 0 Å². The third-order valence-electron chi connectivity index (χ3n) is 3.63. The Balaban J connectivity index is 1.56. The van der Waals surface area contributed by atoms with E-state index in [1.165, 1.54) is 0 Å². The maximum Gasteiger partial charge on any atom is 0.254 e. The van der Waals surface area contributed by atoms with E-state index in [1.54, 1.807) is 23.3 Å². The summed E-state index contributed by atoms with van der Waals surface area (Å²) in [5, 5.41) is 14.2. The summed E-state index contributed by atoms with van der Waals surface area (Å²) >= 11 is 0. The second kappa shape index (κ2) is 7.03. The Morgan fingerprint density at radius 2 is 2.12 bits per heavy atom. The van der Waals surface area contributed by atoms with Gasteiger partial charge in [-0.05, 0) is 26.0 Å². The van der Waals surface area contributed by atoms with Gasteiger partial charge in [0.25, 0.3) is 5.91 Å². The Morgan fingerprint density at radius 1 is 1.33 bits per heavy atom. The number of hydrogen-bond donors (Lipinski definition) is 2. The van der Waals surface area contributed by atoms with E-state index in [4.69, 9.17) is 0 Å². The molecule has 1 amide bonds. The van der Waals surface area contributed by atoms with Crippen molar-refractivity contribution in [2.75, 3.05) is 6.54 Å². The first-order valence-electron chi connectivity index (χ1n) is 7.81. The molecule has 0 fully saturated rings. The smallest absolute Gasteiger partial charge is 0.254 e. The lowest BCUT2D eigenvalue weighted by Gasteiger charge is -2.02. The highest BCUT2D eigenvalue weighted by Gasteiger charge is 2.13. The van der Waals surface area contributed by atoms with E-state index in [0.29, 0.717) is 24.4 Å². The Labute approximate surface area is 139 Å². The van der Waals surface area contributed by atoms with Gasteiger partial charge in [-0.1, -0.05) is 0 Å². The van der Waals surface area contributed by atoms with Crippen molar-refractivity contribution in [3.8, 4) is 11.4 Å². The second-order valence-corrected chi connectivity index (χ2v) is 5.33. The molecule has 0 saturated heterocycles. The molecule has 0 bridgehead atoms. The van der Waals surface area contributed by atoms with Gasteiger partial charge in [-0.25, -0.2) is 4.98 Å². The van der Waals surface area contributed by atoms with Crippen molar-refractivity contribution in [2.24, 2.45) is 0 Å². The minimum Gasteiger partial charge on any atom is -0.351 e. The lowest BCUT2D eigenvalue weighted by molar-refractivity contribution is 0.0953. The van der Waals surface area contributed by atoms with Gasteiger partial charge in [-0.3, -0.25) is 19.6 Å². The number of aromatic amines is 1. The molecule has 0 aromatic carbocycles. The van der Waals surface area contributed by atoms with Gasteiger partial charge < -0.3 is 5.32 Å². The minimum absolute atomic E-state index is 0.124. The summed E-state index contributed by atoms with van der Waals surface area (Å²) in [6.07, 6.45) is 5.74. The third-order valence-corrected chi connectivity index (χ3v) is 3.63. The molecule has 0 saturated carbocycles. The van der Waals surface area contributed by atoms with Crippen molar-refractivity contribution in [3.63, 3.8) is 0 Å². The van der Waals surface area contributed by atoms with Crippen LogP contribution in [0, 0.1) is 6.92 Å². The molecule has 0 radical (unpaired) electrons. The minimum atomic E-state index is -0.124. The first-order valence-corrected chi connectivity index (χ1v) is 7.81. The highest BCUT2D eigenvalue weighted by molar-refractivity contribution is 5.94. The summed E-state index contributed by atoms with van der Waals surface area (Å²) < 4.78 is 1.75. The summed E-state index contributed by atoms with van der Waals surface area (Å²) in [6.45, 7) is 5.03. The topological polar surface area (TPSA) is 101 Å². The molecule has 3 aromatic heterocycles. The van der Waals surface area contributed by atoms with Gasteiger partial charge in [-0.2, -0.15) is 10.2 Å². The maximum absolute atomic E-state index is 12.2.